The molecule has 0 aliphatic heterocycles. The van der Waals surface area contributed by atoms with Gasteiger partial charge in [0.25, 0.3) is 0 Å². The average molecular weight is 281 g/mol. The van der Waals surface area contributed by atoms with Gasteiger partial charge in [0.05, 0.1) is 11.4 Å². The number of sulfonamides is 1. The molecule has 7 nitrogen and oxygen atoms in total. The number of rotatable bonds is 4. The smallest absolute Gasteiger partial charge is 0.225 e. The van der Waals surface area contributed by atoms with Crippen molar-refractivity contribution in [3.63, 3.8) is 0 Å². The number of nitrogens with two attached hydrogens (primary N) is 1. The van der Waals surface area contributed by atoms with Crippen LogP contribution < -0.4 is 5.14 Å². The zero-order valence-corrected chi connectivity index (χ0v) is 11.6. The van der Waals surface area contributed by atoms with E-state index in [4.69, 9.17) is 5.14 Å². The summed E-state index contributed by atoms with van der Waals surface area (Å²) in [7, 11) is -3.81. The third-order valence-electron chi connectivity index (χ3n) is 2.73. The molecular formula is C11H15N5O2S. The van der Waals surface area contributed by atoms with Crippen LogP contribution >= 0.6 is 0 Å². The van der Waals surface area contributed by atoms with Gasteiger partial charge in [0.15, 0.2) is 5.82 Å². The van der Waals surface area contributed by atoms with Crippen molar-refractivity contribution in [2.45, 2.75) is 31.6 Å². The highest BCUT2D eigenvalue weighted by Crippen LogP contribution is 2.22. The van der Waals surface area contributed by atoms with E-state index >= 15 is 0 Å². The molecule has 0 amide bonds. The molecule has 2 aromatic rings. The van der Waals surface area contributed by atoms with E-state index in [1.165, 1.54) is 4.68 Å². The van der Waals surface area contributed by atoms with Crippen LogP contribution in [0.1, 0.15) is 25.2 Å². The van der Waals surface area contributed by atoms with Gasteiger partial charge in [-0.05, 0) is 25.0 Å². The van der Waals surface area contributed by atoms with Gasteiger partial charge in [-0.15, -0.1) is 5.10 Å². The fraction of sp³-hybridized carbons (Fsp3) is 0.364. The zero-order valence-electron chi connectivity index (χ0n) is 10.7. The lowest BCUT2D eigenvalue weighted by molar-refractivity contribution is 0.595. The monoisotopic (exact) mass is 281 g/mol. The molecule has 102 valence electrons. The zero-order chi connectivity index (χ0) is 14.0. The van der Waals surface area contributed by atoms with Crippen LogP contribution in [-0.4, -0.2) is 28.4 Å². The van der Waals surface area contributed by atoms with E-state index in [2.05, 4.69) is 15.3 Å². The highest BCUT2D eigenvalue weighted by atomic mass is 32.2. The van der Waals surface area contributed by atoms with Gasteiger partial charge in [0.2, 0.25) is 10.0 Å². The van der Waals surface area contributed by atoms with Crippen molar-refractivity contribution in [3.05, 3.63) is 29.7 Å². The van der Waals surface area contributed by atoms with Crippen molar-refractivity contribution in [2.75, 3.05) is 0 Å². The third-order valence-corrected chi connectivity index (χ3v) is 3.77. The van der Waals surface area contributed by atoms with Gasteiger partial charge in [-0.3, -0.25) is 0 Å². The van der Waals surface area contributed by atoms with E-state index in [1.54, 1.807) is 18.3 Å². The third kappa shape index (κ3) is 2.49. The maximum Gasteiger partial charge on any atom is 0.241 e. The minimum absolute atomic E-state index is 0.100. The molecular weight excluding hydrogens is 266 g/mol. The van der Waals surface area contributed by atoms with E-state index in [9.17, 15) is 8.42 Å². The summed E-state index contributed by atoms with van der Waals surface area (Å²) in [6.45, 7) is 3.68. The lowest BCUT2D eigenvalue weighted by atomic mass is 10.2. The molecule has 0 aromatic carbocycles. The SMILES string of the molecule is CCc1nn(-c2cccnn2)c(CC)c1S(N)(=O)=O. The summed E-state index contributed by atoms with van der Waals surface area (Å²) in [6.07, 6.45) is 2.50. The number of aryl methyl sites for hydroxylation is 1. The Kier molecular flexibility index (Phi) is 3.63. The molecule has 0 aliphatic rings. The van der Waals surface area contributed by atoms with Gasteiger partial charge in [-0.1, -0.05) is 13.8 Å². The number of hydrogen-bond acceptors (Lipinski definition) is 5. The van der Waals surface area contributed by atoms with Gasteiger partial charge in [0, 0.05) is 6.20 Å². The van der Waals surface area contributed by atoms with E-state index in [0.29, 0.717) is 30.0 Å². The van der Waals surface area contributed by atoms with Crippen LogP contribution in [0.15, 0.2) is 23.2 Å². The van der Waals surface area contributed by atoms with Gasteiger partial charge < -0.3 is 0 Å². The van der Waals surface area contributed by atoms with Crippen LogP contribution in [0.25, 0.3) is 5.82 Å². The fourth-order valence-corrected chi connectivity index (χ4v) is 3.03. The van der Waals surface area contributed by atoms with Gasteiger partial charge >= 0.3 is 0 Å². The Bertz CT molecular complexity index is 679. The van der Waals surface area contributed by atoms with Crippen molar-refractivity contribution in [3.8, 4) is 5.82 Å². The second-order valence-electron chi connectivity index (χ2n) is 3.97. The largest absolute Gasteiger partial charge is 0.241 e. The number of hydrogen-bond donors (Lipinski definition) is 1. The Balaban J connectivity index is 2.75. The Hall–Kier alpha value is -1.80. The Labute approximate surface area is 111 Å². The summed E-state index contributed by atoms with van der Waals surface area (Å²) in [5, 5.41) is 17.3. The molecule has 2 N–H and O–H groups in total. The predicted octanol–water partition coefficient (Wildman–Crippen LogP) is 0.435. The van der Waals surface area contributed by atoms with Crippen molar-refractivity contribution in [2.24, 2.45) is 5.14 Å². The maximum atomic E-state index is 11.7. The topological polar surface area (TPSA) is 104 Å². The van der Waals surface area contributed by atoms with Crippen molar-refractivity contribution >= 4 is 10.0 Å². The van der Waals surface area contributed by atoms with E-state index < -0.39 is 10.0 Å². The van der Waals surface area contributed by atoms with Crippen molar-refractivity contribution in [1.29, 1.82) is 0 Å². The molecule has 0 unspecified atom stereocenters. The minimum Gasteiger partial charge on any atom is -0.225 e. The molecule has 0 saturated heterocycles. The highest BCUT2D eigenvalue weighted by Gasteiger charge is 2.25. The van der Waals surface area contributed by atoms with Gasteiger partial charge in [-0.2, -0.15) is 10.2 Å². The first kappa shape index (κ1) is 13.6. The van der Waals surface area contributed by atoms with E-state index in [1.807, 2.05) is 13.8 Å². The molecule has 2 aromatic heterocycles. The second-order valence-corrected chi connectivity index (χ2v) is 5.47. The van der Waals surface area contributed by atoms with Crippen LogP contribution in [0, 0.1) is 0 Å². The van der Waals surface area contributed by atoms with Crippen LogP contribution in [0.5, 0.6) is 0 Å². The lowest BCUT2D eigenvalue weighted by Crippen LogP contribution is -2.16. The fourth-order valence-electron chi connectivity index (χ4n) is 1.96. The Morgan fingerprint density at radius 1 is 1.32 bits per heavy atom. The molecule has 0 aliphatic carbocycles. The number of aromatic nitrogens is 4. The first-order valence-electron chi connectivity index (χ1n) is 5.90. The van der Waals surface area contributed by atoms with Gasteiger partial charge in [0.1, 0.15) is 4.90 Å². The highest BCUT2D eigenvalue weighted by molar-refractivity contribution is 7.89. The Morgan fingerprint density at radius 2 is 2.05 bits per heavy atom. The van der Waals surface area contributed by atoms with Gasteiger partial charge in [-0.25, -0.2) is 18.2 Å². The lowest BCUT2D eigenvalue weighted by Gasteiger charge is -2.04. The summed E-state index contributed by atoms with van der Waals surface area (Å²) < 4.78 is 24.9. The molecule has 0 saturated carbocycles. The molecule has 0 bridgehead atoms. The number of primary sulfonamides is 1. The maximum absolute atomic E-state index is 11.7. The van der Waals surface area contributed by atoms with Crippen molar-refractivity contribution in [1.82, 2.24) is 20.0 Å². The molecule has 8 heteroatoms. The van der Waals surface area contributed by atoms with Crippen molar-refractivity contribution < 1.29 is 8.42 Å². The van der Waals surface area contributed by atoms with E-state index in [-0.39, 0.29) is 4.90 Å². The summed E-state index contributed by atoms with van der Waals surface area (Å²) >= 11 is 0. The first-order valence-corrected chi connectivity index (χ1v) is 7.45. The first-order chi connectivity index (χ1) is 8.99. The minimum atomic E-state index is -3.81. The molecule has 2 rings (SSSR count). The molecule has 2 heterocycles. The predicted molar refractivity (Wildman–Crippen MR) is 69.3 cm³/mol. The molecule has 0 fully saturated rings. The molecule has 0 atom stereocenters. The second kappa shape index (κ2) is 5.06. The van der Waals surface area contributed by atoms with Crippen LogP contribution in [0.3, 0.4) is 0 Å². The number of nitrogens with zero attached hydrogens (tertiary/aromatic N) is 4. The summed E-state index contributed by atoms with van der Waals surface area (Å²) in [4.78, 5) is 0.100. The molecule has 0 radical (unpaired) electrons. The average Bonchev–Trinajstić information content (AvgIpc) is 2.78. The summed E-state index contributed by atoms with van der Waals surface area (Å²) in [5.41, 5.74) is 0.977. The van der Waals surface area contributed by atoms with E-state index in [0.717, 1.165) is 0 Å². The van der Waals surface area contributed by atoms with Crippen LogP contribution in [0.2, 0.25) is 0 Å². The molecule has 19 heavy (non-hydrogen) atoms. The normalized spacial score (nSPS) is 11.7. The van der Waals surface area contributed by atoms with Crippen LogP contribution in [0.4, 0.5) is 0 Å². The summed E-state index contributed by atoms with van der Waals surface area (Å²) in [6, 6.07) is 3.43. The van der Waals surface area contributed by atoms with Crippen LogP contribution in [-0.2, 0) is 22.9 Å². The summed E-state index contributed by atoms with van der Waals surface area (Å²) in [5.74, 6) is 0.476. The Morgan fingerprint density at radius 3 is 2.53 bits per heavy atom. The quantitative estimate of drug-likeness (QED) is 0.875. The molecule has 0 spiro atoms. The standard InChI is InChI=1S/C11H15N5O2S/c1-3-8-11(19(12,17)18)9(4-2)16(15-8)10-6-5-7-13-14-10/h5-7H,3-4H2,1-2H3,(H2,12,17,18).